The van der Waals surface area contributed by atoms with E-state index in [9.17, 15) is 4.79 Å². The molecule has 1 heterocycles. The van der Waals surface area contributed by atoms with Crippen LogP contribution in [-0.4, -0.2) is 36.2 Å². The standard InChI is InChI=1S/C7H12N2O2/c1-3-11-7(10)9-5-4-8(2)6-9/h4-5H,3,6H2,1-2H3. The maximum absolute atomic E-state index is 11.0. The van der Waals surface area contributed by atoms with E-state index >= 15 is 0 Å². The molecular formula is C7H12N2O2. The minimum atomic E-state index is -0.284. The topological polar surface area (TPSA) is 32.8 Å². The molecule has 0 saturated heterocycles. The highest BCUT2D eigenvalue weighted by Gasteiger charge is 2.16. The number of rotatable bonds is 1. The van der Waals surface area contributed by atoms with Gasteiger partial charge < -0.3 is 9.64 Å². The van der Waals surface area contributed by atoms with E-state index in [0.717, 1.165) is 0 Å². The molecule has 11 heavy (non-hydrogen) atoms. The molecule has 1 rings (SSSR count). The van der Waals surface area contributed by atoms with Gasteiger partial charge in [0.25, 0.3) is 0 Å². The molecule has 4 heteroatoms. The molecule has 1 amide bonds. The number of hydrogen-bond donors (Lipinski definition) is 0. The summed E-state index contributed by atoms with van der Waals surface area (Å²) in [5, 5.41) is 0. The number of nitrogens with zero attached hydrogens (tertiary/aromatic N) is 2. The van der Waals surface area contributed by atoms with Crippen LogP contribution in [0.2, 0.25) is 0 Å². The summed E-state index contributed by atoms with van der Waals surface area (Å²) in [5.41, 5.74) is 0. The van der Waals surface area contributed by atoms with Crippen LogP contribution < -0.4 is 0 Å². The second kappa shape index (κ2) is 3.27. The molecule has 0 unspecified atom stereocenters. The van der Waals surface area contributed by atoms with Crippen LogP contribution in [0.25, 0.3) is 0 Å². The first-order valence-electron chi connectivity index (χ1n) is 3.56. The summed E-state index contributed by atoms with van der Waals surface area (Å²) in [5.74, 6) is 0. The molecule has 0 atom stereocenters. The molecule has 0 aromatic rings. The lowest BCUT2D eigenvalue weighted by Gasteiger charge is -2.14. The van der Waals surface area contributed by atoms with Crippen LogP contribution >= 0.6 is 0 Å². The van der Waals surface area contributed by atoms with E-state index in [-0.39, 0.29) is 6.09 Å². The lowest BCUT2D eigenvalue weighted by atomic mass is 10.8. The van der Waals surface area contributed by atoms with E-state index in [1.165, 1.54) is 4.90 Å². The third-order valence-electron chi connectivity index (χ3n) is 1.38. The first-order chi connectivity index (χ1) is 5.24. The predicted molar refractivity (Wildman–Crippen MR) is 40.6 cm³/mol. The van der Waals surface area contributed by atoms with Gasteiger partial charge in [-0.3, -0.25) is 4.90 Å². The van der Waals surface area contributed by atoms with Gasteiger partial charge in [-0.1, -0.05) is 0 Å². The Hall–Kier alpha value is -1.19. The minimum Gasteiger partial charge on any atom is -0.449 e. The van der Waals surface area contributed by atoms with E-state index in [2.05, 4.69) is 0 Å². The second-order valence-corrected chi connectivity index (χ2v) is 2.37. The predicted octanol–water partition coefficient (Wildman–Crippen LogP) is 0.819. The van der Waals surface area contributed by atoms with Crippen molar-refractivity contribution in [3.8, 4) is 0 Å². The normalized spacial score (nSPS) is 15.8. The van der Waals surface area contributed by atoms with Crippen molar-refractivity contribution in [2.24, 2.45) is 0 Å². The number of ether oxygens (including phenoxy) is 1. The van der Waals surface area contributed by atoms with E-state index < -0.39 is 0 Å². The second-order valence-electron chi connectivity index (χ2n) is 2.37. The third kappa shape index (κ3) is 1.86. The molecule has 0 bridgehead atoms. The van der Waals surface area contributed by atoms with Gasteiger partial charge in [-0.05, 0) is 6.92 Å². The lowest BCUT2D eigenvalue weighted by Crippen LogP contribution is -2.29. The first-order valence-corrected chi connectivity index (χ1v) is 3.56. The molecule has 62 valence electrons. The molecule has 0 saturated carbocycles. The smallest absolute Gasteiger partial charge is 0.415 e. The van der Waals surface area contributed by atoms with Crippen LogP contribution in [0.3, 0.4) is 0 Å². The van der Waals surface area contributed by atoms with Gasteiger partial charge in [-0.2, -0.15) is 0 Å². The number of amides is 1. The summed E-state index contributed by atoms with van der Waals surface area (Å²) in [4.78, 5) is 14.4. The van der Waals surface area contributed by atoms with E-state index in [0.29, 0.717) is 13.3 Å². The number of hydrogen-bond acceptors (Lipinski definition) is 3. The minimum absolute atomic E-state index is 0.284. The zero-order chi connectivity index (χ0) is 8.27. The molecule has 1 aliphatic heterocycles. The summed E-state index contributed by atoms with van der Waals surface area (Å²) < 4.78 is 4.78. The van der Waals surface area contributed by atoms with Gasteiger partial charge in [0.2, 0.25) is 0 Å². The van der Waals surface area contributed by atoms with Gasteiger partial charge in [0.15, 0.2) is 0 Å². The highest BCUT2D eigenvalue weighted by molar-refractivity contribution is 5.69. The fourth-order valence-electron chi connectivity index (χ4n) is 0.854. The van der Waals surface area contributed by atoms with Crippen LogP contribution in [0.4, 0.5) is 4.79 Å². The molecule has 0 fully saturated rings. The number of carbonyl (C=O) groups excluding carboxylic acids is 1. The molecule has 4 nitrogen and oxygen atoms in total. The van der Waals surface area contributed by atoms with Crippen molar-refractivity contribution < 1.29 is 9.53 Å². The lowest BCUT2D eigenvalue weighted by molar-refractivity contribution is 0.117. The van der Waals surface area contributed by atoms with E-state index in [4.69, 9.17) is 4.74 Å². The van der Waals surface area contributed by atoms with Gasteiger partial charge in [0.1, 0.15) is 0 Å². The highest BCUT2D eigenvalue weighted by Crippen LogP contribution is 2.04. The molecule has 1 aliphatic rings. The summed E-state index contributed by atoms with van der Waals surface area (Å²) in [6, 6.07) is 0. The summed E-state index contributed by atoms with van der Waals surface area (Å²) in [6.07, 6.45) is 3.25. The largest absolute Gasteiger partial charge is 0.449 e. The number of carbonyl (C=O) groups is 1. The SMILES string of the molecule is CCOC(=O)N1C=CN(C)C1. The van der Waals surface area contributed by atoms with Crippen molar-refractivity contribution in [1.82, 2.24) is 9.80 Å². The Morgan fingerprint density at radius 1 is 1.64 bits per heavy atom. The first kappa shape index (κ1) is 7.91. The Morgan fingerprint density at radius 3 is 2.82 bits per heavy atom. The maximum Gasteiger partial charge on any atom is 0.415 e. The summed E-state index contributed by atoms with van der Waals surface area (Å²) in [6.45, 7) is 2.80. The Bertz CT molecular complexity index is 179. The van der Waals surface area contributed by atoms with Crippen LogP contribution in [0.5, 0.6) is 0 Å². The van der Waals surface area contributed by atoms with Gasteiger partial charge in [-0.15, -0.1) is 0 Å². The highest BCUT2D eigenvalue weighted by atomic mass is 16.6. The zero-order valence-electron chi connectivity index (χ0n) is 6.78. The van der Waals surface area contributed by atoms with Crippen molar-refractivity contribution >= 4 is 6.09 Å². The summed E-state index contributed by atoms with van der Waals surface area (Å²) in [7, 11) is 1.90. The molecular weight excluding hydrogens is 144 g/mol. The van der Waals surface area contributed by atoms with Gasteiger partial charge >= 0.3 is 6.09 Å². The Kier molecular flexibility index (Phi) is 2.36. The van der Waals surface area contributed by atoms with Crippen molar-refractivity contribution in [3.63, 3.8) is 0 Å². The van der Waals surface area contributed by atoms with Crippen molar-refractivity contribution in [1.29, 1.82) is 0 Å². The van der Waals surface area contributed by atoms with Gasteiger partial charge in [0.05, 0.1) is 13.3 Å². The van der Waals surface area contributed by atoms with Crippen LogP contribution in [0.1, 0.15) is 6.92 Å². The van der Waals surface area contributed by atoms with E-state index in [1.807, 2.05) is 18.1 Å². The van der Waals surface area contributed by atoms with Crippen molar-refractivity contribution in [3.05, 3.63) is 12.4 Å². The van der Waals surface area contributed by atoms with Crippen molar-refractivity contribution in [2.75, 3.05) is 20.3 Å². The van der Waals surface area contributed by atoms with Gasteiger partial charge in [-0.25, -0.2) is 4.79 Å². The molecule has 0 N–H and O–H groups in total. The van der Waals surface area contributed by atoms with Crippen molar-refractivity contribution in [2.45, 2.75) is 6.92 Å². The van der Waals surface area contributed by atoms with Crippen LogP contribution in [-0.2, 0) is 4.74 Å². The van der Waals surface area contributed by atoms with E-state index in [1.54, 1.807) is 13.1 Å². The van der Waals surface area contributed by atoms with Crippen LogP contribution in [0, 0.1) is 0 Å². The molecule has 0 radical (unpaired) electrons. The average Bonchev–Trinajstić information content (AvgIpc) is 2.36. The monoisotopic (exact) mass is 156 g/mol. The maximum atomic E-state index is 11.0. The molecule has 0 aromatic carbocycles. The average molecular weight is 156 g/mol. The fraction of sp³-hybridized carbons (Fsp3) is 0.571. The molecule has 0 spiro atoms. The third-order valence-corrected chi connectivity index (χ3v) is 1.38. The van der Waals surface area contributed by atoms with Crippen LogP contribution in [0.15, 0.2) is 12.4 Å². The quantitative estimate of drug-likeness (QED) is 0.563. The zero-order valence-corrected chi connectivity index (χ0v) is 6.78. The summed E-state index contributed by atoms with van der Waals surface area (Å²) >= 11 is 0. The van der Waals surface area contributed by atoms with Gasteiger partial charge in [0, 0.05) is 19.4 Å². The Balaban J connectivity index is 2.38. The fourth-order valence-corrected chi connectivity index (χ4v) is 0.854. The Labute approximate surface area is 66.0 Å². The Morgan fingerprint density at radius 2 is 2.36 bits per heavy atom. The molecule has 0 aromatic heterocycles. The molecule has 0 aliphatic carbocycles.